The smallest absolute Gasteiger partial charge is 0.254 e. The molecule has 4 nitrogen and oxygen atoms in total. The van der Waals surface area contributed by atoms with E-state index in [2.05, 4.69) is 5.32 Å². The molecule has 0 atom stereocenters. The van der Waals surface area contributed by atoms with E-state index in [1.807, 2.05) is 38.1 Å². The topological polar surface area (TPSA) is 49.4 Å². The van der Waals surface area contributed by atoms with E-state index in [0.29, 0.717) is 19.5 Å². The van der Waals surface area contributed by atoms with Gasteiger partial charge in [0.1, 0.15) is 0 Å². The summed E-state index contributed by atoms with van der Waals surface area (Å²) in [6.45, 7) is 5.05. The summed E-state index contributed by atoms with van der Waals surface area (Å²) in [6, 6.07) is 5.85. The molecule has 1 heterocycles. The van der Waals surface area contributed by atoms with Crippen LogP contribution in [-0.4, -0.2) is 36.9 Å². The molecule has 0 saturated carbocycles. The van der Waals surface area contributed by atoms with Crippen molar-refractivity contribution in [1.29, 1.82) is 0 Å². The Morgan fingerprint density at radius 3 is 2.55 bits per heavy atom. The van der Waals surface area contributed by atoms with Crippen molar-refractivity contribution in [2.45, 2.75) is 20.3 Å². The third-order valence-electron chi connectivity index (χ3n) is 3.63. The molecular weight excluding hydrogens is 252 g/mol. The highest BCUT2D eigenvalue weighted by Gasteiger charge is 2.21. The quantitative estimate of drug-likeness (QED) is 0.893. The second-order valence-corrected chi connectivity index (χ2v) is 5.13. The summed E-state index contributed by atoms with van der Waals surface area (Å²) in [5.74, 6) is -0.0154. The lowest BCUT2D eigenvalue weighted by molar-refractivity contribution is -0.117. The van der Waals surface area contributed by atoms with E-state index in [9.17, 15) is 9.59 Å². The van der Waals surface area contributed by atoms with E-state index in [1.54, 1.807) is 11.9 Å². The molecule has 0 aromatic heterocycles. The Hall–Kier alpha value is -2.10. The van der Waals surface area contributed by atoms with Crippen molar-refractivity contribution in [2.24, 2.45) is 0 Å². The highest BCUT2D eigenvalue weighted by Crippen LogP contribution is 2.17. The van der Waals surface area contributed by atoms with Crippen molar-refractivity contribution in [3.8, 4) is 0 Å². The maximum absolute atomic E-state index is 12.5. The maximum Gasteiger partial charge on any atom is 0.254 e. The Bertz CT molecular complexity index is 576. The molecule has 106 valence electrons. The summed E-state index contributed by atoms with van der Waals surface area (Å²) in [6.07, 6.45) is 2.44. The molecule has 2 rings (SSSR count). The van der Waals surface area contributed by atoms with Gasteiger partial charge in [0.25, 0.3) is 5.91 Å². The molecule has 0 unspecified atom stereocenters. The van der Waals surface area contributed by atoms with E-state index in [4.69, 9.17) is 0 Å². The third-order valence-corrected chi connectivity index (χ3v) is 3.63. The van der Waals surface area contributed by atoms with Gasteiger partial charge in [-0.05, 0) is 31.9 Å². The van der Waals surface area contributed by atoms with Crippen molar-refractivity contribution < 1.29 is 9.59 Å². The first-order valence-electron chi connectivity index (χ1n) is 6.80. The minimum atomic E-state index is -0.0522. The van der Waals surface area contributed by atoms with E-state index < -0.39 is 0 Å². The number of likely N-dealkylation sites (N-methyl/N-ethyl adjacent to an activating group) is 1. The number of carbonyl (C=O) groups is 2. The SMILES string of the molecule is CNC(=O)C1=CCN(C(=O)c2ccc(C)cc2C)CC1. The molecule has 0 saturated heterocycles. The van der Waals surface area contributed by atoms with Crippen LogP contribution in [0, 0.1) is 13.8 Å². The van der Waals surface area contributed by atoms with Crippen molar-refractivity contribution in [3.05, 3.63) is 46.5 Å². The summed E-state index contributed by atoms with van der Waals surface area (Å²) in [5.41, 5.74) is 3.65. The fourth-order valence-corrected chi connectivity index (χ4v) is 2.44. The average Bonchev–Trinajstić information content (AvgIpc) is 2.46. The zero-order valence-electron chi connectivity index (χ0n) is 12.2. The number of hydrogen-bond donors (Lipinski definition) is 1. The normalized spacial score (nSPS) is 14.8. The molecule has 0 bridgehead atoms. The highest BCUT2D eigenvalue weighted by molar-refractivity contribution is 5.97. The number of amides is 2. The number of nitrogens with one attached hydrogen (secondary N) is 1. The van der Waals surface area contributed by atoms with Gasteiger partial charge in [0.05, 0.1) is 0 Å². The minimum absolute atomic E-state index is 0.0368. The van der Waals surface area contributed by atoms with Crippen LogP contribution in [0.4, 0.5) is 0 Å². The monoisotopic (exact) mass is 272 g/mol. The van der Waals surface area contributed by atoms with Crippen LogP contribution in [0.2, 0.25) is 0 Å². The largest absolute Gasteiger partial charge is 0.355 e. The summed E-state index contributed by atoms with van der Waals surface area (Å²) < 4.78 is 0. The van der Waals surface area contributed by atoms with Crippen LogP contribution < -0.4 is 5.32 Å². The minimum Gasteiger partial charge on any atom is -0.355 e. The van der Waals surface area contributed by atoms with Gasteiger partial charge >= 0.3 is 0 Å². The Balaban J connectivity index is 2.12. The first-order chi connectivity index (χ1) is 9.52. The van der Waals surface area contributed by atoms with Gasteiger partial charge in [-0.3, -0.25) is 9.59 Å². The molecule has 1 aliphatic heterocycles. The van der Waals surface area contributed by atoms with Gasteiger partial charge < -0.3 is 10.2 Å². The van der Waals surface area contributed by atoms with Crippen LogP contribution in [0.1, 0.15) is 27.9 Å². The van der Waals surface area contributed by atoms with Gasteiger partial charge in [0.15, 0.2) is 0 Å². The third kappa shape index (κ3) is 2.90. The van der Waals surface area contributed by atoms with E-state index in [0.717, 1.165) is 22.3 Å². The van der Waals surface area contributed by atoms with Crippen LogP contribution in [0.25, 0.3) is 0 Å². The molecule has 1 N–H and O–H groups in total. The molecule has 0 spiro atoms. The van der Waals surface area contributed by atoms with Crippen molar-refractivity contribution in [1.82, 2.24) is 10.2 Å². The first-order valence-corrected chi connectivity index (χ1v) is 6.80. The second-order valence-electron chi connectivity index (χ2n) is 5.13. The Labute approximate surface area is 119 Å². The highest BCUT2D eigenvalue weighted by atomic mass is 16.2. The van der Waals surface area contributed by atoms with E-state index in [-0.39, 0.29) is 11.8 Å². The fraction of sp³-hybridized carbons (Fsp3) is 0.375. The molecular formula is C16H20N2O2. The Kier molecular flexibility index (Phi) is 4.23. The predicted molar refractivity (Wildman–Crippen MR) is 78.6 cm³/mol. The molecule has 0 radical (unpaired) electrons. The molecule has 0 aliphatic carbocycles. The maximum atomic E-state index is 12.5. The molecule has 20 heavy (non-hydrogen) atoms. The summed E-state index contributed by atoms with van der Waals surface area (Å²) in [7, 11) is 1.62. The Morgan fingerprint density at radius 2 is 2.00 bits per heavy atom. The summed E-state index contributed by atoms with van der Waals surface area (Å²) in [4.78, 5) is 25.8. The first kappa shape index (κ1) is 14.3. The van der Waals surface area contributed by atoms with Crippen LogP contribution in [0.5, 0.6) is 0 Å². The molecule has 0 fully saturated rings. The van der Waals surface area contributed by atoms with Gasteiger partial charge in [-0.1, -0.05) is 23.8 Å². The van der Waals surface area contributed by atoms with Crippen LogP contribution >= 0.6 is 0 Å². The van der Waals surface area contributed by atoms with Crippen molar-refractivity contribution in [2.75, 3.05) is 20.1 Å². The zero-order valence-corrected chi connectivity index (χ0v) is 12.2. The molecule has 1 aromatic carbocycles. The van der Waals surface area contributed by atoms with Crippen molar-refractivity contribution in [3.63, 3.8) is 0 Å². The van der Waals surface area contributed by atoms with E-state index >= 15 is 0 Å². The van der Waals surface area contributed by atoms with E-state index in [1.165, 1.54) is 0 Å². The molecule has 1 aliphatic rings. The summed E-state index contributed by atoms with van der Waals surface area (Å²) in [5, 5.41) is 2.62. The fourth-order valence-electron chi connectivity index (χ4n) is 2.44. The van der Waals surface area contributed by atoms with Crippen LogP contribution in [-0.2, 0) is 4.79 Å². The molecule has 2 amide bonds. The van der Waals surface area contributed by atoms with Gasteiger partial charge in [0.2, 0.25) is 5.91 Å². The standard InChI is InChI=1S/C16H20N2O2/c1-11-4-5-14(12(2)10-11)16(20)18-8-6-13(7-9-18)15(19)17-3/h4-6,10H,7-9H2,1-3H3,(H,17,19). The predicted octanol–water partition coefficient (Wildman–Crippen LogP) is 1.82. The van der Waals surface area contributed by atoms with Gasteiger partial charge in [0, 0.05) is 31.3 Å². The van der Waals surface area contributed by atoms with Gasteiger partial charge in [-0.15, -0.1) is 0 Å². The molecule has 1 aromatic rings. The van der Waals surface area contributed by atoms with Crippen LogP contribution in [0.15, 0.2) is 29.8 Å². The number of benzene rings is 1. The second kappa shape index (κ2) is 5.90. The molecule has 4 heteroatoms. The summed E-state index contributed by atoms with van der Waals surface area (Å²) >= 11 is 0. The lowest BCUT2D eigenvalue weighted by Crippen LogP contribution is -2.37. The average molecular weight is 272 g/mol. The van der Waals surface area contributed by atoms with Crippen molar-refractivity contribution >= 4 is 11.8 Å². The number of aryl methyl sites for hydroxylation is 2. The number of nitrogens with zero attached hydrogens (tertiary/aromatic N) is 1. The zero-order chi connectivity index (χ0) is 14.7. The lowest BCUT2D eigenvalue weighted by Gasteiger charge is -2.26. The number of carbonyl (C=O) groups excluding carboxylic acids is 2. The Morgan fingerprint density at radius 1 is 1.25 bits per heavy atom. The number of hydrogen-bond acceptors (Lipinski definition) is 2. The van der Waals surface area contributed by atoms with Crippen LogP contribution in [0.3, 0.4) is 0 Å². The van der Waals surface area contributed by atoms with Gasteiger partial charge in [-0.2, -0.15) is 0 Å². The number of rotatable bonds is 2. The lowest BCUT2D eigenvalue weighted by atomic mass is 10.0. The van der Waals surface area contributed by atoms with Gasteiger partial charge in [-0.25, -0.2) is 0 Å².